The Hall–Kier alpha value is -1.54. The van der Waals surface area contributed by atoms with Crippen LogP contribution < -0.4 is 9.47 Å². The van der Waals surface area contributed by atoms with Crippen molar-refractivity contribution in [3.8, 4) is 11.5 Å². The van der Waals surface area contributed by atoms with Gasteiger partial charge in [-0.05, 0) is 37.7 Å². The number of likely N-dealkylation sites (N-methyl/N-ethyl adjacent to an activating group) is 1. The summed E-state index contributed by atoms with van der Waals surface area (Å²) in [6.07, 6.45) is 0.855. The highest BCUT2D eigenvalue weighted by atomic mass is 16.5. The van der Waals surface area contributed by atoms with E-state index in [2.05, 4.69) is 0 Å². The van der Waals surface area contributed by atoms with Gasteiger partial charge in [0.05, 0.1) is 20.3 Å². The lowest BCUT2D eigenvalue weighted by Crippen LogP contribution is -2.65. The Bertz CT molecular complexity index is 677. The van der Waals surface area contributed by atoms with Crippen molar-refractivity contribution >= 4 is 7.85 Å². The number of hydrogen-bond acceptors (Lipinski definition) is 6. The molecular weight excluding hydrogens is 309 g/mol. The molecule has 3 atom stereocenters. The van der Waals surface area contributed by atoms with Crippen LogP contribution >= 0.6 is 0 Å². The molecule has 1 fully saturated rings. The highest BCUT2D eigenvalue weighted by molar-refractivity contribution is 6.22. The van der Waals surface area contributed by atoms with Gasteiger partial charge in [-0.15, -0.1) is 0 Å². The van der Waals surface area contributed by atoms with Crippen LogP contribution in [0, 0.1) is 0 Å². The number of rotatable bonds is 3. The maximum absolute atomic E-state index is 10.6. The summed E-state index contributed by atoms with van der Waals surface area (Å²) in [5.74, 6) is -1.21. The fourth-order valence-corrected chi connectivity index (χ4v) is 4.16. The van der Waals surface area contributed by atoms with Gasteiger partial charge in [-0.25, -0.2) is 0 Å². The molecule has 1 heterocycles. The zero-order valence-corrected chi connectivity index (χ0v) is 14.1. The van der Waals surface area contributed by atoms with Crippen LogP contribution in [-0.2, 0) is 5.41 Å². The molecule has 1 aliphatic heterocycles. The molecule has 7 heteroatoms. The van der Waals surface area contributed by atoms with Crippen molar-refractivity contribution in [3.05, 3.63) is 35.3 Å². The second-order valence-corrected chi connectivity index (χ2v) is 6.57. The van der Waals surface area contributed by atoms with Gasteiger partial charge in [0.25, 0.3) is 0 Å². The Kier molecular flexibility index (Phi) is 4.16. The summed E-state index contributed by atoms with van der Waals surface area (Å²) in [7, 11) is 10.8. The van der Waals surface area contributed by atoms with Gasteiger partial charge in [0.2, 0.25) is 5.79 Å². The van der Waals surface area contributed by atoms with Gasteiger partial charge in [0, 0.05) is 5.41 Å². The average molecular weight is 331 g/mol. The minimum absolute atomic E-state index is 0.0568. The molecule has 1 aliphatic carbocycles. The third-order valence-electron chi connectivity index (χ3n) is 5.27. The van der Waals surface area contributed by atoms with Gasteiger partial charge in [-0.1, -0.05) is 17.6 Å². The van der Waals surface area contributed by atoms with E-state index in [0.717, 1.165) is 5.56 Å². The number of methoxy groups -OCH3 is 2. The zero-order chi connectivity index (χ0) is 17.7. The van der Waals surface area contributed by atoms with E-state index < -0.39 is 23.3 Å². The molecule has 2 radical (unpaired) electrons. The van der Waals surface area contributed by atoms with Crippen LogP contribution in [0.1, 0.15) is 12.0 Å². The molecule has 3 rings (SSSR count). The SMILES string of the molecule is [B]C1=C[C@@]2(c3ccc(OC)c(OC)c3)CCN(C)C2C(O)(O)C1O. The maximum Gasteiger partial charge on any atom is 0.209 e. The number of likely N-dealkylation sites (tertiary alicyclic amines) is 1. The molecule has 6 nitrogen and oxygen atoms in total. The van der Waals surface area contributed by atoms with Gasteiger partial charge >= 0.3 is 0 Å². The van der Waals surface area contributed by atoms with Crippen LogP contribution in [0.4, 0.5) is 0 Å². The number of hydrogen-bond donors (Lipinski definition) is 3. The molecule has 2 unspecified atom stereocenters. The van der Waals surface area contributed by atoms with Gasteiger partial charge in [0.1, 0.15) is 14.0 Å². The fraction of sp³-hybridized carbons (Fsp3) is 0.529. The topological polar surface area (TPSA) is 82.4 Å². The number of benzene rings is 1. The van der Waals surface area contributed by atoms with Gasteiger partial charge in [-0.2, -0.15) is 0 Å². The maximum atomic E-state index is 10.6. The highest BCUT2D eigenvalue weighted by Crippen LogP contribution is 2.50. The summed E-state index contributed by atoms with van der Waals surface area (Å²) in [6.45, 7) is 0.637. The summed E-state index contributed by atoms with van der Waals surface area (Å²) in [5, 5.41) is 31.3. The van der Waals surface area contributed by atoms with Crippen LogP contribution in [0.3, 0.4) is 0 Å². The standard InChI is InChI=1S/C17H22BNO5/c1-19-7-6-16(9-11(18)14(20)17(21,22)15(16)19)10-4-5-12(23-2)13(8-10)24-3/h4-5,8-9,14-15,20-22H,6-7H2,1-3H3/t14?,15?,16-/m1/s1. The number of aliphatic hydroxyl groups is 3. The first-order chi connectivity index (χ1) is 11.3. The van der Waals surface area contributed by atoms with E-state index in [1.807, 2.05) is 17.0 Å². The van der Waals surface area contributed by atoms with Crippen molar-refractivity contribution < 1.29 is 24.8 Å². The molecule has 0 bridgehead atoms. The van der Waals surface area contributed by atoms with E-state index in [0.29, 0.717) is 24.5 Å². The molecule has 1 aromatic rings. The summed E-state index contributed by atoms with van der Waals surface area (Å²) >= 11 is 0. The molecule has 0 spiro atoms. The molecule has 3 N–H and O–H groups in total. The summed E-state index contributed by atoms with van der Waals surface area (Å²) in [5.41, 5.74) is 0.152. The Balaban J connectivity index is 2.20. The smallest absolute Gasteiger partial charge is 0.209 e. The number of aliphatic hydroxyl groups excluding tert-OH is 1. The Morgan fingerprint density at radius 2 is 1.88 bits per heavy atom. The molecule has 128 valence electrons. The summed E-state index contributed by atoms with van der Waals surface area (Å²) in [6, 6.07) is 4.74. The van der Waals surface area contributed by atoms with Crippen LogP contribution in [-0.4, -0.2) is 73.8 Å². The van der Waals surface area contributed by atoms with Crippen LogP contribution in [0.2, 0.25) is 0 Å². The van der Waals surface area contributed by atoms with Gasteiger partial charge < -0.3 is 24.8 Å². The van der Waals surface area contributed by atoms with Crippen molar-refractivity contribution in [1.82, 2.24) is 4.90 Å². The fourth-order valence-electron chi connectivity index (χ4n) is 4.16. The summed E-state index contributed by atoms with van der Waals surface area (Å²) < 4.78 is 10.6. The van der Waals surface area contributed by atoms with E-state index in [9.17, 15) is 15.3 Å². The predicted molar refractivity (Wildman–Crippen MR) is 89.3 cm³/mol. The number of ether oxygens (including phenoxy) is 2. The lowest BCUT2D eigenvalue weighted by molar-refractivity contribution is -0.254. The molecule has 0 saturated carbocycles. The molecule has 0 aromatic heterocycles. The van der Waals surface area contributed by atoms with E-state index >= 15 is 0 Å². The van der Waals surface area contributed by atoms with E-state index in [1.54, 1.807) is 33.4 Å². The molecule has 0 amide bonds. The van der Waals surface area contributed by atoms with Crippen molar-refractivity contribution in [2.24, 2.45) is 0 Å². The first-order valence-electron chi connectivity index (χ1n) is 7.81. The predicted octanol–water partition coefficient (Wildman–Crippen LogP) is -0.247. The molecule has 1 aromatic carbocycles. The quantitative estimate of drug-likeness (QED) is 0.524. The van der Waals surface area contributed by atoms with Crippen molar-refractivity contribution in [1.29, 1.82) is 0 Å². The highest BCUT2D eigenvalue weighted by Gasteiger charge is 2.60. The van der Waals surface area contributed by atoms with E-state index in [1.165, 1.54) is 0 Å². The normalized spacial score (nSPS) is 32.2. The Labute approximate surface area is 142 Å². The van der Waals surface area contributed by atoms with Crippen molar-refractivity contribution in [2.45, 2.75) is 29.8 Å². The number of fused-ring (bicyclic) bond motifs is 1. The van der Waals surface area contributed by atoms with Crippen LogP contribution in [0.15, 0.2) is 29.7 Å². The van der Waals surface area contributed by atoms with Crippen LogP contribution in [0.5, 0.6) is 11.5 Å². The van der Waals surface area contributed by atoms with Crippen molar-refractivity contribution in [3.63, 3.8) is 0 Å². The minimum atomic E-state index is -2.35. The lowest BCUT2D eigenvalue weighted by atomic mass is 9.62. The van der Waals surface area contributed by atoms with Gasteiger partial charge in [0.15, 0.2) is 11.5 Å². The minimum Gasteiger partial charge on any atom is -0.493 e. The first-order valence-corrected chi connectivity index (χ1v) is 7.81. The molecule has 2 aliphatic rings. The second kappa shape index (κ2) is 5.77. The summed E-state index contributed by atoms with van der Waals surface area (Å²) in [4.78, 5) is 1.84. The van der Waals surface area contributed by atoms with Crippen molar-refractivity contribution in [2.75, 3.05) is 27.8 Å². The van der Waals surface area contributed by atoms with E-state index in [-0.39, 0.29) is 5.47 Å². The Morgan fingerprint density at radius 1 is 1.21 bits per heavy atom. The molecule has 1 saturated heterocycles. The Morgan fingerprint density at radius 3 is 2.50 bits per heavy atom. The average Bonchev–Trinajstić information content (AvgIpc) is 2.90. The number of nitrogens with zero attached hydrogens (tertiary/aromatic N) is 1. The van der Waals surface area contributed by atoms with E-state index in [4.69, 9.17) is 17.3 Å². The first kappa shape index (κ1) is 17.3. The molecule has 24 heavy (non-hydrogen) atoms. The third-order valence-corrected chi connectivity index (χ3v) is 5.27. The monoisotopic (exact) mass is 331 g/mol. The largest absolute Gasteiger partial charge is 0.493 e. The van der Waals surface area contributed by atoms with Gasteiger partial charge in [-0.3, -0.25) is 4.90 Å². The zero-order valence-electron chi connectivity index (χ0n) is 14.1. The third kappa shape index (κ3) is 2.27. The second-order valence-electron chi connectivity index (χ2n) is 6.57. The lowest BCUT2D eigenvalue weighted by Gasteiger charge is -2.49. The molecular formula is C17H22BNO5. The van der Waals surface area contributed by atoms with Crippen LogP contribution in [0.25, 0.3) is 0 Å².